The molecule has 42 valence electrons. The third kappa shape index (κ3) is 5.75. The van der Waals surface area contributed by atoms with Crippen LogP contribution in [0.15, 0.2) is 0 Å². The summed E-state index contributed by atoms with van der Waals surface area (Å²) < 4.78 is 8.13. The minimum Gasteiger partial charge on any atom is -0.544 e. The molecule has 0 aliphatic heterocycles. The van der Waals surface area contributed by atoms with Gasteiger partial charge in [-0.05, 0) is 0 Å². The molecule has 0 amide bonds. The summed E-state index contributed by atoms with van der Waals surface area (Å²) in [5.74, 6) is -2.14. The number of halogens is 3. The van der Waals surface area contributed by atoms with Crippen LogP contribution in [-0.2, 0) is 4.79 Å². The molecule has 0 N–H and O–H groups in total. The first-order valence-corrected chi connectivity index (χ1v) is 1.98. The van der Waals surface area contributed by atoms with Gasteiger partial charge in [0.15, 0.2) is 0 Å². The standard InChI is InChI=1S/C2HCl2FO2.K/c3-2(4,5)1(6)7;/h(H,6,7);/q;+1/p-1. The monoisotopic (exact) mass is 184 g/mol. The van der Waals surface area contributed by atoms with E-state index in [1.807, 2.05) is 0 Å². The Kier molecular flexibility index (Phi) is 6.82. The minimum atomic E-state index is -3.25. The Morgan fingerprint density at radius 1 is 1.62 bits per heavy atom. The second-order valence-electron chi connectivity index (χ2n) is 0.785. The van der Waals surface area contributed by atoms with Gasteiger partial charge in [0, 0.05) is 0 Å². The van der Waals surface area contributed by atoms with Crippen LogP contribution in [-0.4, -0.2) is 10.6 Å². The molecule has 0 fully saturated rings. The quantitative estimate of drug-likeness (QED) is 0.319. The van der Waals surface area contributed by atoms with Crippen LogP contribution in [0.2, 0.25) is 0 Å². The summed E-state index contributed by atoms with van der Waals surface area (Å²) in [6.07, 6.45) is 0. The molecule has 0 saturated carbocycles. The largest absolute Gasteiger partial charge is 1.00 e. The maximum absolute atomic E-state index is 11.4. The summed E-state index contributed by atoms with van der Waals surface area (Å²) in [7, 11) is 0. The fourth-order valence-corrected chi connectivity index (χ4v) is 0. The van der Waals surface area contributed by atoms with E-state index in [1.54, 1.807) is 0 Å². The van der Waals surface area contributed by atoms with Crippen molar-refractivity contribution in [1.29, 1.82) is 0 Å². The van der Waals surface area contributed by atoms with Gasteiger partial charge in [-0.25, -0.2) is 4.39 Å². The van der Waals surface area contributed by atoms with E-state index in [0.717, 1.165) is 0 Å². The van der Waals surface area contributed by atoms with Crippen LogP contribution in [0.5, 0.6) is 0 Å². The van der Waals surface area contributed by atoms with E-state index in [2.05, 4.69) is 23.2 Å². The number of carboxylic acids is 1. The van der Waals surface area contributed by atoms with Crippen molar-refractivity contribution in [3.05, 3.63) is 0 Å². The SMILES string of the molecule is O=C([O-])C(F)(Cl)Cl.[K+]. The van der Waals surface area contributed by atoms with Gasteiger partial charge in [0.2, 0.25) is 0 Å². The molecule has 2 nitrogen and oxygen atoms in total. The van der Waals surface area contributed by atoms with Gasteiger partial charge < -0.3 is 9.90 Å². The molecule has 0 radical (unpaired) electrons. The van der Waals surface area contributed by atoms with Crippen LogP contribution in [0, 0.1) is 0 Å². The molecule has 0 aliphatic rings. The summed E-state index contributed by atoms with van der Waals surface area (Å²) in [6.45, 7) is 0. The van der Waals surface area contributed by atoms with Crippen LogP contribution in [0.4, 0.5) is 4.39 Å². The van der Waals surface area contributed by atoms with Crippen molar-refractivity contribution in [3.8, 4) is 0 Å². The number of rotatable bonds is 1. The van der Waals surface area contributed by atoms with Crippen LogP contribution in [0.25, 0.3) is 0 Å². The first-order valence-electron chi connectivity index (χ1n) is 1.23. The number of carbonyl (C=O) groups excluding carboxylic acids is 1. The smallest absolute Gasteiger partial charge is 0.544 e. The van der Waals surface area contributed by atoms with Crippen molar-refractivity contribution in [3.63, 3.8) is 0 Å². The van der Waals surface area contributed by atoms with Crippen LogP contribution < -0.4 is 56.5 Å². The van der Waals surface area contributed by atoms with Crippen molar-refractivity contribution >= 4 is 29.2 Å². The third-order valence-corrected chi connectivity index (χ3v) is 0.540. The number of carbonyl (C=O) groups is 1. The van der Waals surface area contributed by atoms with Crippen LogP contribution >= 0.6 is 23.2 Å². The fourth-order valence-electron chi connectivity index (χ4n) is 0. The van der Waals surface area contributed by atoms with Gasteiger partial charge >= 0.3 is 51.4 Å². The first-order chi connectivity index (χ1) is 2.94. The summed E-state index contributed by atoms with van der Waals surface area (Å²) in [4.78, 5) is 9.27. The van der Waals surface area contributed by atoms with Crippen molar-refractivity contribution in [1.82, 2.24) is 0 Å². The van der Waals surface area contributed by atoms with Gasteiger partial charge in [-0.15, -0.1) is 0 Å². The molecule has 0 bridgehead atoms. The molecule has 0 aromatic rings. The molecular weight excluding hydrogens is 185 g/mol. The Morgan fingerprint density at radius 2 is 1.75 bits per heavy atom. The third-order valence-electron chi connectivity index (χ3n) is 0.231. The predicted molar refractivity (Wildman–Crippen MR) is 20.6 cm³/mol. The Balaban J connectivity index is 0. The summed E-state index contributed by atoms with van der Waals surface area (Å²) in [5.41, 5.74) is 0. The average molecular weight is 185 g/mol. The molecule has 0 aliphatic carbocycles. The Morgan fingerprint density at radius 3 is 1.75 bits per heavy atom. The van der Waals surface area contributed by atoms with Crippen LogP contribution in [0.3, 0.4) is 0 Å². The second kappa shape index (κ2) is 4.43. The maximum Gasteiger partial charge on any atom is 1.00 e. The maximum atomic E-state index is 11.4. The van der Waals surface area contributed by atoms with Gasteiger partial charge in [0.05, 0.1) is 0 Å². The van der Waals surface area contributed by atoms with Crippen molar-refractivity contribution in [2.45, 2.75) is 4.59 Å². The summed E-state index contributed by atoms with van der Waals surface area (Å²) >= 11 is 8.61. The average Bonchev–Trinajstić information content (AvgIpc) is 1.31. The van der Waals surface area contributed by atoms with Crippen LogP contribution in [0.1, 0.15) is 0 Å². The molecule has 6 heteroatoms. The van der Waals surface area contributed by atoms with E-state index < -0.39 is 10.6 Å². The number of aliphatic carboxylic acids is 1. The topological polar surface area (TPSA) is 40.1 Å². The molecule has 0 aromatic heterocycles. The first kappa shape index (κ1) is 12.3. The molecule has 0 spiro atoms. The van der Waals surface area contributed by atoms with E-state index in [-0.39, 0.29) is 51.4 Å². The normalized spacial score (nSPS) is 9.88. The minimum absolute atomic E-state index is 0. The van der Waals surface area contributed by atoms with Crippen molar-refractivity contribution < 1.29 is 65.7 Å². The van der Waals surface area contributed by atoms with E-state index >= 15 is 0 Å². The van der Waals surface area contributed by atoms with Crippen molar-refractivity contribution in [2.75, 3.05) is 0 Å². The van der Waals surface area contributed by atoms with Gasteiger partial charge in [-0.1, -0.05) is 23.2 Å². The fraction of sp³-hybridized carbons (Fsp3) is 0.500. The number of hydrogen-bond acceptors (Lipinski definition) is 2. The molecule has 0 heterocycles. The number of carboxylic acid groups (broad SMARTS) is 1. The predicted octanol–water partition coefficient (Wildman–Crippen LogP) is -3.16. The summed E-state index contributed by atoms with van der Waals surface area (Å²) in [5, 5.41) is 9.27. The molecule has 0 rings (SSSR count). The van der Waals surface area contributed by atoms with Gasteiger partial charge in [0.1, 0.15) is 5.97 Å². The van der Waals surface area contributed by atoms with Gasteiger partial charge in [-0.2, -0.15) is 0 Å². The Labute approximate surface area is 97.8 Å². The van der Waals surface area contributed by atoms with E-state index in [9.17, 15) is 14.3 Å². The summed E-state index contributed by atoms with van der Waals surface area (Å²) in [6, 6.07) is 0. The molecule has 0 saturated heterocycles. The van der Waals surface area contributed by atoms with Gasteiger partial charge in [-0.3, -0.25) is 0 Å². The second-order valence-corrected chi connectivity index (χ2v) is 2.02. The van der Waals surface area contributed by atoms with Gasteiger partial charge in [0.25, 0.3) is 4.59 Å². The Bertz CT molecular complexity index is 90.5. The number of alkyl halides is 3. The molecular formula is C2Cl2FKO2. The molecule has 0 unspecified atom stereocenters. The Hall–Kier alpha value is 1.62. The van der Waals surface area contributed by atoms with Crippen molar-refractivity contribution in [2.24, 2.45) is 0 Å². The van der Waals surface area contributed by atoms with E-state index in [0.29, 0.717) is 0 Å². The zero-order chi connectivity index (χ0) is 6.08. The zero-order valence-corrected chi connectivity index (χ0v) is 8.59. The van der Waals surface area contributed by atoms with E-state index in [4.69, 9.17) is 0 Å². The molecule has 8 heavy (non-hydrogen) atoms. The van der Waals surface area contributed by atoms with E-state index in [1.165, 1.54) is 0 Å². The zero-order valence-electron chi connectivity index (χ0n) is 3.95. The molecule has 0 aromatic carbocycles. The molecule has 0 atom stereocenters. The number of hydrogen-bond donors (Lipinski definition) is 0.